The van der Waals surface area contributed by atoms with E-state index in [9.17, 15) is 19.9 Å². The van der Waals surface area contributed by atoms with E-state index in [0.717, 1.165) is 0 Å². The summed E-state index contributed by atoms with van der Waals surface area (Å²) >= 11 is 0. The average Bonchev–Trinajstić information content (AvgIpc) is 2.50. The Morgan fingerprint density at radius 3 is 2.57 bits per heavy atom. The first-order valence-electron chi connectivity index (χ1n) is 7.01. The second-order valence-corrected chi connectivity index (χ2v) is 4.84. The van der Waals surface area contributed by atoms with Crippen LogP contribution in [0.25, 0.3) is 0 Å². The zero-order valence-corrected chi connectivity index (χ0v) is 12.1. The molecule has 0 radical (unpaired) electrons. The molecule has 0 aromatic carbocycles. The van der Waals surface area contributed by atoms with Gasteiger partial charge in [-0.05, 0) is 25.3 Å². The fourth-order valence-corrected chi connectivity index (χ4v) is 2.31. The number of hydroxylamine groups is 2. The number of hydrogen-bond acceptors (Lipinski definition) is 5. The Morgan fingerprint density at radius 2 is 2.05 bits per heavy atom. The lowest BCUT2D eigenvalue weighted by Gasteiger charge is -2.27. The van der Waals surface area contributed by atoms with Crippen molar-refractivity contribution in [2.45, 2.75) is 45.1 Å². The molecule has 1 heterocycles. The molecule has 0 spiro atoms. The molecule has 2 N–H and O–H groups in total. The SMILES string of the molecule is CCC[C@@H]([C@@H](CCCc1ncccn1)C(=O)O)N(O)C=O. The summed E-state index contributed by atoms with van der Waals surface area (Å²) in [6, 6.07) is 1.01. The number of carbonyl (C=O) groups is 2. The predicted octanol–water partition coefficient (Wildman–Crippen LogP) is 1.52. The lowest BCUT2D eigenvalue weighted by Crippen LogP contribution is -2.41. The summed E-state index contributed by atoms with van der Waals surface area (Å²) in [7, 11) is 0. The van der Waals surface area contributed by atoms with Crippen LogP contribution < -0.4 is 0 Å². The molecule has 0 unspecified atom stereocenters. The number of aryl methyl sites for hydroxylation is 1. The zero-order valence-electron chi connectivity index (χ0n) is 12.1. The van der Waals surface area contributed by atoms with E-state index in [0.29, 0.717) is 43.0 Å². The summed E-state index contributed by atoms with van der Waals surface area (Å²) in [5, 5.41) is 19.4. The standard InChI is InChI=1S/C14H21N3O4/c1-2-5-12(17(21)10-18)11(14(19)20)6-3-7-13-15-8-4-9-16-13/h4,8-12,21H,2-3,5-7H2,1H3,(H,19,20)/t11-,12+/m1/s1. The van der Waals surface area contributed by atoms with E-state index in [1.54, 1.807) is 18.5 Å². The van der Waals surface area contributed by atoms with Gasteiger partial charge < -0.3 is 5.11 Å². The largest absolute Gasteiger partial charge is 0.481 e. The molecular weight excluding hydrogens is 274 g/mol. The van der Waals surface area contributed by atoms with Gasteiger partial charge >= 0.3 is 5.97 Å². The van der Waals surface area contributed by atoms with Gasteiger partial charge in [0, 0.05) is 18.8 Å². The van der Waals surface area contributed by atoms with Crippen LogP contribution in [0.15, 0.2) is 18.5 Å². The van der Waals surface area contributed by atoms with Crippen molar-refractivity contribution in [3.63, 3.8) is 0 Å². The van der Waals surface area contributed by atoms with Crippen LogP contribution in [0.3, 0.4) is 0 Å². The van der Waals surface area contributed by atoms with Crippen LogP contribution in [0.4, 0.5) is 0 Å². The van der Waals surface area contributed by atoms with Gasteiger partial charge in [0.25, 0.3) is 0 Å². The molecule has 0 saturated heterocycles. The number of aromatic nitrogens is 2. The first-order valence-corrected chi connectivity index (χ1v) is 7.01. The summed E-state index contributed by atoms with van der Waals surface area (Å²) in [6.45, 7) is 1.88. The third-order valence-electron chi connectivity index (χ3n) is 3.35. The molecule has 7 heteroatoms. The van der Waals surface area contributed by atoms with Gasteiger partial charge in [0.05, 0.1) is 12.0 Å². The highest BCUT2D eigenvalue weighted by atomic mass is 16.5. The van der Waals surface area contributed by atoms with Gasteiger partial charge in [-0.25, -0.2) is 15.0 Å². The summed E-state index contributed by atoms with van der Waals surface area (Å²) in [5.74, 6) is -1.16. The van der Waals surface area contributed by atoms with Crippen LogP contribution in [0.1, 0.15) is 38.4 Å². The van der Waals surface area contributed by atoms with Crippen LogP contribution in [0.5, 0.6) is 0 Å². The fraction of sp³-hybridized carbons (Fsp3) is 0.571. The molecule has 1 rings (SSSR count). The maximum absolute atomic E-state index is 11.4. The van der Waals surface area contributed by atoms with Gasteiger partial charge in [-0.1, -0.05) is 13.3 Å². The highest BCUT2D eigenvalue weighted by Gasteiger charge is 2.31. The number of aliphatic carboxylic acids is 1. The van der Waals surface area contributed by atoms with Crippen molar-refractivity contribution in [1.82, 2.24) is 15.0 Å². The van der Waals surface area contributed by atoms with Crippen LogP contribution in [0, 0.1) is 5.92 Å². The topological polar surface area (TPSA) is 104 Å². The Bertz CT molecular complexity index is 441. The maximum atomic E-state index is 11.4. The summed E-state index contributed by atoms with van der Waals surface area (Å²) in [4.78, 5) is 30.3. The fourth-order valence-electron chi connectivity index (χ4n) is 2.31. The smallest absolute Gasteiger partial charge is 0.308 e. The molecule has 21 heavy (non-hydrogen) atoms. The number of nitrogens with zero attached hydrogens (tertiary/aromatic N) is 3. The first-order chi connectivity index (χ1) is 10.1. The predicted molar refractivity (Wildman–Crippen MR) is 74.5 cm³/mol. The highest BCUT2D eigenvalue weighted by molar-refractivity contribution is 5.71. The molecule has 2 atom stereocenters. The molecule has 0 bridgehead atoms. The summed E-state index contributed by atoms with van der Waals surface area (Å²) < 4.78 is 0. The van der Waals surface area contributed by atoms with Crippen molar-refractivity contribution < 1.29 is 19.9 Å². The lowest BCUT2D eigenvalue weighted by atomic mass is 9.90. The van der Waals surface area contributed by atoms with Gasteiger partial charge in [0.15, 0.2) is 0 Å². The Hall–Kier alpha value is -2.02. The van der Waals surface area contributed by atoms with Gasteiger partial charge in [-0.2, -0.15) is 0 Å². The molecule has 1 amide bonds. The zero-order chi connectivity index (χ0) is 15.7. The van der Waals surface area contributed by atoms with Gasteiger partial charge in [0.1, 0.15) is 5.82 Å². The van der Waals surface area contributed by atoms with Crippen LogP contribution in [-0.2, 0) is 16.0 Å². The molecule has 0 aliphatic carbocycles. The molecule has 0 fully saturated rings. The number of carbonyl (C=O) groups excluding carboxylic acids is 1. The van der Waals surface area contributed by atoms with Gasteiger partial charge in [-0.15, -0.1) is 0 Å². The molecule has 1 aromatic heterocycles. The van der Waals surface area contributed by atoms with E-state index in [-0.39, 0.29) is 6.41 Å². The Kier molecular flexibility index (Phi) is 7.31. The molecule has 0 aliphatic rings. The van der Waals surface area contributed by atoms with Gasteiger partial charge in [-0.3, -0.25) is 14.8 Å². The number of carboxylic acid groups (broad SMARTS) is 1. The van der Waals surface area contributed by atoms with Crippen LogP contribution >= 0.6 is 0 Å². The van der Waals surface area contributed by atoms with E-state index in [2.05, 4.69) is 9.97 Å². The average molecular weight is 295 g/mol. The minimum atomic E-state index is -1.01. The number of amides is 1. The van der Waals surface area contributed by atoms with Crippen molar-refractivity contribution in [2.24, 2.45) is 5.92 Å². The number of rotatable bonds is 10. The van der Waals surface area contributed by atoms with Crippen molar-refractivity contribution in [2.75, 3.05) is 0 Å². The minimum absolute atomic E-state index is 0.260. The van der Waals surface area contributed by atoms with E-state index in [4.69, 9.17) is 0 Å². The maximum Gasteiger partial charge on any atom is 0.308 e. The van der Waals surface area contributed by atoms with Crippen LogP contribution in [-0.4, -0.2) is 43.8 Å². The van der Waals surface area contributed by atoms with E-state index in [1.807, 2.05) is 6.92 Å². The second kappa shape index (κ2) is 9.02. The Balaban J connectivity index is 2.63. The molecule has 0 aliphatic heterocycles. The highest BCUT2D eigenvalue weighted by Crippen LogP contribution is 2.21. The Labute approximate surface area is 123 Å². The van der Waals surface area contributed by atoms with E-state index >= 15 is 0 Å². The Morgan fingerprint density at radius 1 is 1.38 bits per heavy atom. The number of hydrogen-bond donors (Lipinski definition) is 2. The molecular formula is C14H21N3O4. The van der Waals surface area contributed by atoms with Crippen molar-refractivity contribution >= 4 is 12.4 Å². The third-order valence-corrected chi connectivity index (χ3v) is 3.35. The monoisotopic (exact) mass is 295 g/mol. The molecule has 7 nitrogen and oxygen atoms in total. The normalized spacial score (nSPS) is 13.4. The quantitative estimate of drug-likeness (QED) is 0.385. The first kappa shape index (κ1) is 17.0. The van der Waals surface area contributed by atoms with Crippen LogP contribution in [0.2, 0.25) is 0 Å². The van der Waals surface area contributed by atoms with Crippen molar-refractivity contribution in [3.8, 4) is 0 Å². The summed E-state index contributed by atoms with van der Waals surface area (Å²) in [5.41, 5.74) is 0. The molecule has 116 valence electrons. The van der Waals surface area contributed by atoms with E-state index < -0.39 is 17.9 Å². The van der Waals surface area contributed by atoms with E-state index in [1.165, 1.54) is 0 Å². The minimum Gasteiger partial charge on any atom is -0.481 e. The molecule has 1 aromatic rings. The summed E-state index contributed by atoms with van der Waals surface area (Å²) in [6.07, 6.45) is 6.15. The van der Waals surface area contributed by atoms with Crippen molar-refractivity contribution in [3.05, 3.63) is 24.3 Å². The second-order valence-electron chi connectivity index (χ2n) is 4.84. The van der Waals surface area contributed by atoms with Gasteiger partial charge in [0.2, 0.25) is 6.41 Å². The third kappa shape index (κ3) is 5.47. The lowest BCUT2D eigenvalue weighted by molar-refractivity contribution is -0.173. The number of carboxylic acids is 1. The molecule has 0 saturated carbocycles. The van der Waals surface area contributed by atoms with Crippen molar-refractivity contribution in [1.29, 1.82) is 0 Å².